The van der Waals surface area contributed by atoms with Crippen LogP contribution in [0.15, 0.2) is 16.3 Å². The summed E-state index contributed by atoms with van der Waals surface area (Å²) in [6, 6.07) is 2.88. The highest BCUT2D eigenvalue weighted by Gasteiger charge is 2.26. The van der Waals surface area contributed by atoms with Crippen LogP contribution in [0.2, 0.25) is 4.34 Å². The van der Waals surface area contributed by atoms with Crippen LogP contribution in [0.1, 0.15) is 0 Å². The van der Waals surface area contributed by atoms with Gasteiger partial charge in [0.25, 0.3) is 0 Å². The average Bonchev–Trinajstić information content (AvgIpc) is 2.86. The maximum atomic E-state index is 12.2. The lowest BCUT2D eigenvalue weighted by atomic mass is 10.4. The van der Waals surface area contributed by atoms with Gasteiger partial charge in [-0.15, -0.1) is 11.3 Å². The molecule has 1 saturated heterocycles. The van der Waals surface area contributed by atoms with Crippen molar-refractivity contribution in [2.45, 2.75) is 4.21 Å². The second-order valence-corrected chi connectivity index (χ2v) is 10.8. The van der Waals surface area contributed by atoms with Crippen molar-refractivity contribution in [2.24, 2.45) is 0 Å². The molecule has 0 spiro atoms. The van der Waals surface area contributed by atoms with Gasteiger partial charge in [0.15, 0.2) is 0 Å². The molecule has 0 aliphatic carbocycles. The Bertz CT molecular complexity index is 709. The molecule has 126 valence electrons. The van der Waals surface area contributed by atoms with Gasteiger partial charge in [0, 0.05) is 32.7 Å². The lowest BCUT2D eigenvalue weighted by Crippen LogP contribution is -2.48. The van der Waals surface area contributed by atoms with Crippen LogP contribution < -0.4 is 4.72 Å². The van der Waals surface area contributed by atoms with Crippen molar-refractivity contribution in [3.8, 4) is 0 Å². The first kappa shape index (κ1) is 18.1. The molecule has 0 aromatic carbocycles. The first-order valence-corrected chi connectivity index (χ1v) is 10.9. The van der Waals surface area contributed by atoms with Crippen LogP contribution in [0.3, 0.4) is 0 Å². The van der Waals surface area contributed by atoms with Crippen molar-refractivity contribution >= 4 is 43.0 Å². The van der Waals surface area contributed by atoms with Gasteiger partial charge in [-0.1, -0.05) is 11.6 Å². The molecular formula is C11H18ClN3O4S3. The van der Waals surface area contributed by atoms with E-state index >= 15 is 0 Å². The summed E-state index contributed by atoms with van der Waals surface area (Å²) < 4.78 is 52.4. The van der Waals surface area contributed by atoms with Gasteiger partial charge in [0.1, 0.15) is 4.21 Å². The zero-order valence-electron chi connectivity index (χ0n) is 12.0. The molecule has 0 radical (unpaired) electrons. The zero-order chi connectivity index (χ0) is 16.4. The minimum atomic E-state index is -3.71. The molecule has 1 N–H and O–H groups in total. The molecule has 2 rings (SSSR count). The molecule has 22 heavy (non-hydrogen) atoms. The van der Waals surface area contributed by atoms with E-state index < -0.39 is 20.0 Å². The fraction of sp³-hybridized carbons (Fsp3) is 0.636. The molecular weight excluding hydrogens is 370 g/mol. The lowest BCUT2D eigenvalue weighted by molar-refractivity contribution is 0.222. The highest BCUT2D eigenvalue weighted by molar-refractivity contribution is 7.92. The first-order chi connectivity index (χ1) is 10.2. The Morgan fingerprint density at radius 2 is 1.82 bits per heavy atom. The summed E-state index contributed by atoms with van der Waals surface area (Å²) >= 11 is 6.64. The predicted molar refractivity (Wildman–Crippen MR) is 87.4 cm³/mol. The van der Waals surface area contributed by atoms with E-state index in [0.29, 0.717) is 30.5 Å². The number of hydrogen-bond donors (Lipinski definition) is 1. The van der Waals surface area contributed by atoms with Crippen LogP contribution in [0.4, 0.5) is 0 Å². The number of thiophene rings is 1. The smallest absolute Gasteiger partial charge is 0.250 e. The third-order valence-corrected chi connectivity index (χ3v) is 8.38. The largest absolute Gasteiger partial charge is 0.304 e. The summed E-state index contributed by atoms with van der Waals surface area (Å²) in [5.74, 6) is -0.255. The SMILES string of the molecule is CN1CCN(S(=O)(=O)CCNS(=O)(=O)c2ccc(Cl)s2)CC1. The number of sulfonamides is 2. The van der Waals surface area contributed by atoms with Crippen LogP contribution in [0.25, 0.3) is 0 Å². The minimum absolute atomic E-state index is 0.0782. The summed E-state index contributed by atoms with van der Waals surface area (Å²) in [4.78, 5) is 2.05. The normalized spacial score (nSPS) is 18.6. The molecule has 0 atom stereocenters. The molecule has 7 nitrogen and oxygen atoms in total. The molecule has 11 heteroatoms. The quantitative estimate of drug-likeness (QED) is 0.756. The minimum Gasteiger partial charge on any atom is -0.304 e. The van der Waals surface area contributed by atoms with Gasteiger partial charge in [0.2, 0.25) is 20.0 Å². The van der Waals surface area contributed by atoms with Gasteiger partial charge in [0.05, 0.1) is 10.1 Å². The van der Waals surface area contributed by atoms with Crippen molar-refractivity contribution in [3.05, 3.63) is 16.5 Å². The Labute approximate surface area is 140 Å². The van der Waals surface area contributed by atoms with E-state index in [0.717, 1.165) is 11.3 Å². The van der Waals surface area contributed by atoms with Crippen molar-refractivity contribution in [1.29, 1.82) is 0 Å². The second-order valence-electron chi connectivity index (χ2n) is 4.97. The van der Waals surface area contributed by atoms with E-state index in [-0.39, 0.29) is 16.5 Å². The molecule has 0 bridgehead atoms. The number of likely N-dealkylation sites (N-methyl/N-ethyl adjacent to an activating group) is 1. The van der Waals surface area contributed by atoms with Gasteiger partial charge < -0.3 is 4.90 Å². The second kappa shape index (κ2) is 7.12. The Balaban J connectivity index is 1.90. The summed E-state index contributed by atoms with van der Waals surface area (Å²) in [6.45, 7) is 2.07. The summed E-state index contributed by atoms with van der Waals surface area (Å²) in [7, 11) is -5.22. The number of nitrogens with one attached hydrogen (secondary N) is 1. The van der Waals surface area contributed by atoms with E-state index in [1.54, 1.807) is 0 Å². The topological polar surface area (TPSA) is 86.8 Å². The fourth-order valence-corrected chi connectivity index (χ4v) is 6.04. The number of hydrogen-bond acceptors (Lipinski definition) is 6. The molecule has 1 aromatic rings. The monoisotopic (exact) mass is 387 g/mol. The first-order valence-electron chi connectivity index (χ1n) is 6.62. The summed E-state index contributed by atoms with van der Waals surface area (Å²) in [5, 5.41) is 0. The fourth-order valence-electron chi connectivity index (χ4n) is 2.01. The van der Waals surface area contributed by atoms with Crippen LogP contribution in [-0.2, 0) is 20.0 Å². The zero-order valence-corrected chi connectivity index (χ0v) is 15.2. The van der Waals surface area contributed by atoms with Crippen molar-refractivity contribution in [3.63, 3.8) is 0 Å². The molecule has 0 amide bonds. The molecule has 1 aliphatic rings. The average molecular weight is 388 g/mol. The highest BCUT2D eigenvalue weighted by Crippen LogP contribution is 2.25. The van der Waals surface area contributed by atoms with Crippen molar-refractivity contribution in [2.75, 3.05) is 45.5 Å². The lowest BCUT2D eigenvalue weighted by Gasteiger charge is -2.31. The van der Waals surface area contributed by atoms with Crippen LogP contribution >= 0.6 is 22.9 Å². The number of piperazine rings is 1. The summed E-state index contributed by atoms with van der Waals surface area (Å²) in [5.41, 5.74) is 0. The molecule has 1 aliphatic heterocycles. The van der Waals surface area contributed by atoms with E-state index in [4.69, 9.17) is 11.6 Å². The molecule has 1 fully saturated rings. The highest BCUT2D eigenvalue weighted by atomic mass is 35.5. The number of rotatable bonds is 6. The summed E-state index contributed by atoms with van der Waals surface area (Å²) in [6.07, 6.45) is 0. The molecule has 0 saturated carbocycles. The molecule has 1 aromatic heterocycles. The van der Waals surface area contributed by atoms with Crippen LogP contribution in [0, 0.1) is 0 Å². The standard InChI is InChI=1S/C11H18ClN3O4S3/c1-14-5-7-15(8-6-14)21(16,17)9-4-13-22(18,19)11-3-2-10(12)20-11/h2-3,13H,4-9H2,1H3. The maximum Gasteiger partial charge on any atom is 0.250 e. The van der Waals surface area contributed by atoms with Crippen LogP contribution in [-0.4, -0.2) is 71.6 Å². The predicted octanol–water partition coefficient (Wildman–Crippen LogP) is 0.257. The third kappa shape index (κ3) is 4.63. The van der Waals surface area contributed by atoms with Gasteiger partial charge in [-0.05, 0) is 19.2 Å². The Hall–Kier alpha value is -0.230. The van der Waals surface area contributed by atoms with E-state index in [1.165, 1.54) is 16.4 Å². The van der Waals surface area contributed by atoms with Crippen molar-refractivity contribution < 1.29 is 16.8 Å². The van der Waals surface area contributed by atoms with Gasteiger partial charge in [-0.2, -0.15) is 4.31 Å². The van der Waals surface area contributed by atoms with E-state index in [1.807, 2.05) is 7.05 Å². The van der Waals surface area contributed by atoms with Gasteiger partial charge in [-0.3, -0.25) is 0 Å². The molecule has 0 unspecified atom stereocenters. The molecule has 2 heterocycles. The number of halogens is 1. The van der Waals surface area contributed by atoms with Gasteiger partial charge in [-0.25, -0.2) is 21.6 Å². The van der Waals surface area contributed by atoms with E-state index in [2.05, 4.69) is 9.62 Å². The third-order valence-electron chi connectivity index (χ3n) is 3.32. The Morgan fingerprint density at radius 3 is 2.36 bits per heavy atom. The maximum absolute atomic E-state index is 12.2. The van der Waals surface area contributed by atoms with Crippen LogP contribution in [0.5, 0.6) is 0 Å². The van der Waals surface area contributed by atoms with Crippen molar-refractivity contribution in [1.82, 2.24) is 13.9 Å². The Kier molecular flexibility index (Phi) is 5.86. The Morgan fingerprint density at radius 1 is 1.18 bits per heavy atom. The number of nitrogens with zero attached hydrogens (tertiary/aromatic N) is 2. The van der Waals surface area contributed by atoms with Gasteiger partial charge >= 0.3 is 0 Å². The van der Waals surface area contributed by atoms with E-state index in [9.17, 15) is 16.8 Å².